The molecule has 1 aromatic carbocycles. The number of aliphatic hydroxyl groups is 1. The fourth-order valence-corrected chi connectivity index (χ4v) is 6.16. The third kappa shape index (κ3) is 6.60. The maximum Gasteiger partial charge on any atom is 0.422 e. The number of pyridine rings is 2. The van der Waals surface area contributed by atoms with Crippen LogP contribution in [-0.4, -0.2) is 53.0 Å². The van der Waals surface area contributed by atoms with Crippen molar-refractivity contribution in [2.24, 2.45) is 0 Å². The Morgan fingerprint density at radius 3 is 2.28 bits per heavy atom. The minimum absolute atomic E-state index is 0.0544. The summed E-state index contributed by atoms with van der Waals surface area (Å²) in [7, 11) is 0. The van der Waals surface area contributed by atoms with Crippen molar-refractivity contribution in [3.05, 3.63) is 76.9 Å². The van der Waals surface area contributed by atoms with E-state index in [0.717, 1.165) is 6.07 Å². The van der Waals surface area contributed by atoms with Gasteiger partial charge in [0.15, 0.2) is 5.60 Å². The molecule has 0 fully saturated rings. The largest absolute Gasteiger partial charge is 0.598 e. The lowest BCUT2D eigenvalue weighted by Crippen LogP contribution is -2.41. The molecule has 0 saturated carbocycles. The number of benzene rings is 1. The number of nitrogens with zero attached hydrogens (tertiary/aromatic N) is 3. The first kappa shape index (κ1) is 32.2. The number of halogens is 3. The summed E-state index contributed by atoms with van der Waals surface area (Å²) >= 11 is -0.452. The fraction of sp³-hybridized carbons (Fsp3) is 0.286. The predicted molar refractivity (Wildman–Crippen MR) is 156 cm³/mol. The first-order valence-electron chi connectivity index (χ1n) is 12.6. The quantitative estimate of drug-likeness (QED) is 0.168. The first-order valence-corrected chi connectivity index (χ1v) is 14.6. The molecule has 0 bridgehead atoms. The zero-order chi connectivity index (χ0) is 31.9. The van der Waals surface area contributed by atoms with Crippen LogP contribution in [0.15, 0.2) is 60.8 Å². The van der Waals surface area contributed by atoms with E-state index in [2.05, 4.69) is 14.7 Å². The molecular weight excluding hydrogens is 609 g/mol. The van der Waals surface area contributed by atoms with Crippen molar-refractivity contribution >= 4 is 50.8 Å². The summed E-state index contributed by atoms with van der Waals surface area (Å²) in [6, 6.07) is 12.4. The Labute approximate surface area is 251 Å². The van der Waals surface area contributed by atoms with Gasteiger partial charge in [0.25, 0.3) is 0 Å². The molecule has 0 aliphatic rings. The van der Waals surface area contributed by atoms with Crippen LogP contribution in [0.25, 0.3) is 21.3 Å². The zero-order valence-corrected chi connectivity index (χ0v) is 24.8. The number of fused-ring (bicyclic) bond motifs is 1. The van der Waals surface area contributed by atoms with Crippen molar-refractivity contribution in [2.45, 2.75) is 50.3 Å². The van der Waals surface area contributed by atoms with E-state index in [1.807, 2.05) is 0 Å². The summed E-state index contributed by atoms with van der Waals surface area (Å²) in [5.41, 5.74) is -2.66. The van der Waals surface area contributed by atoms with Gasteiger partial charge in [-0.15, -0.1) is 16.1 Å². The number of carbonyl (C=O) groups is 2. The lowest BCUT2D eigenvalue weighted by atomic mass is 9.94. The predicted octanol–water partition coefficient (Wildman–Crippen LogP) is 6.43. The lowest BCUT2D eigenvalue weighted by Gasteiger charge is -2.27. The molecule has 4 N–H and O–H groups in total. The number of imide groups is 1. The Bertz CT molecular complexity index is 1660. The maximum atomic E-state index is 13.5. The van der Waals surface area contributed by atoms with Crippen LogP contribution in [0, 0.1) is 0 Å². The van der Waals surface area contributed by atoms with Crippen LogP contribution in [0.3, 0.4) is 0 Å². The number of anilines is 1. The molecule has 3 heterocycles. The van der Waals surface area contributed by atoms with Crippen LogP contribution in [0.5, 0.6) is 0 Å². The van der Waals surface area contributed by atoms with Crippen LogP contribution in [0.4, 0.5) is 28.6 Å². The van der Waals surface area contributed by atoms with Crippen molar-refractivity contribution in [3.63, 3.8) is 0 Å². The average Bonchev–Trinajstić information content (AvgIpc) is 3.34. The van der Waals surface area contributed by atoms with Gasteiger partial charge in [-0.2, -0.15) is 18.1 Å². The number of thiophene rings is 1. The molecule has 43 heavy (non-hydrogen) atoms. The summed E-state index contributed by atoms with van der Waals surface area (Å²) in [6.07, 6.45) is -7.26. The summed E-state index contributed by atoms with van der Waals surface area (Å²) in [5.74, 6) is -0.384. The molecular formula is C28H27F3N4O6S2. The van der Waals surface area contributed by atoms with Gasteiger partial charge in [0.1, 0.15) is 16.6 Å². The van der Waals surface area contributed by atoms with Gasteiger partial charge in [0.05, 0.1) is 11.4 Å². The summed E-state index contributed by atoms with van der Waals surface area (Å²) < 4.78 is 56.7. The highest BCUT2D eigenvalue weighted by molar-refractivity contribution is 7.90. The number of amides is 2. The second-order valence-corrected chi connectivity index (χ2v) is 13.7. The van der Waals surface area contributed by atoms with E-state index in [1.54, 1.807) is 45.0 Å². The highest BCUT2D eigenvalue weighted by Crippen LogP contribution is 2.42. The molecule has 0 saturated heterocycles. The number of hydrogen-bond donors (Lipinski definition) is 4. The van der Waals surface area contributed by atoms with E-state index < -0.39 is 46.1 Å². The standard InChI is InChI=1S/C28H27F3N4O6S2/c1-26(2,3)43(41)34-22(18-9-6-10-21(33-18)35(24(36)37)25(38)39)20-13-15-7-5-8-17(23(15)42-20)19-14-16(11-12-32-19)27(4,40)28(29,30)31/h5-14,22,34,40H,1-4H3,(H,36,37)(H,38,39)/t22-,27?,43+/m0/s1. The topological polar surface area (TPSA) is 159 Å². The van der Waals surface area contributed by atoms with Crippen LogP contribution in [0.2, 0.25) is 0 Å². The molecule has 4 rings (SSSR count). The van der Waals surface area contributed by atoms with Gasteiger partial charge in [0, 0.05) is 32.7 Å². The Morgan fingerprint density at radius 2 is 1.67 bits per heavy atom. The Hall–Kier alpha value is -3.76. The molecule has 0 spiro atoms. The van der Waals surface area contributed by atoms with E-state index in [-0.39, 0.29) is 27.7 Å². The molecule has 1 unspecified atom stereocenters. The number of hydrogen-bond acceptors (Lipinski definition) is 8. The van der Waals surface area contributed by atoms with Gasteiger partial charge in [-0.25, -0.2) is 14.6 Å². The van der Waals surface area contributed by atoms with Gasteiger partial charge in [-0.1, -0.05) is 24.3 Å². The van der Waals surface area contributed by atoms with Crippen LogP contribution in [-0.2, 0) is 17.0 Å². The van der Waals surface area contributed by atoms with Crippen molar-refractivity contribution < 1.29 is 42.6 Å². The summed E-state index contributed by atoms with van der Waals surface area (Å²) in [6.45, 7) is 5.89. The molecule has 0 aliphatic heterocycles. The number of aromatic nitrogens is 2. The smallest absolute Gasteiger partial charge is 0.422 e. The van der Waals surface area contributed by atoms with Crippen LogP contribution < -0.4 is 9.62 Å². The third-order valence-electron chi connectivity index (χ3n) is 6.44. The molecule has 4 aromatic rings. The fourth-order valence-electron chi connectivity index (χ4n) is 4.02. The minimum atomic E-state index is -4.92. The molecule has 3 aromatic heterocycles. The van der Waals surface area contributed by atoms with Crippen LogP contribution >= 0.6 is 11.3 Å². The number of alkyl halides is 3. The van der Waals surface area contributed by atoms with E-state index in [1.165, 1.54) is 41.8 Å². The van der Waals surface area contributed by atoms with Crippen molar-refractivity contribution in [1.29, 1.82) is 0 Å². The summed E-state index contributed by atoms with van der Waals surface area (Å²) in [5, 5.41) is 29.7. The van der Waals surface area contributed by atoms with Crippen LogP contribution in [0.1, 0.15) is 49.9 Å². The second-order valence-electron chi connectivity index (χ2n) is 10.6. The highest BCUT2D eigenvalue weighted by atomic mass is 32.2. The Kier molecular flexibility index (Phi) is 8.77. The highest BCUT2D eigenvalue weighted by Gasteiger charge is 2.51. The van der Waals surface area contributed by atoms with E-state index in [4.69, 9.17) is 0 Å². The molecule has 0 aliphatic carbocycles. The van der Waals surface area contributed by atoms with Gasteiger partial charge >= 0.3 is 18.4 Å². The molecule has 2 amide bonds. The third-order valence-corrected chi connectivity index (χ3v) is 9.25. The van der Waals surface area contributed by atoms with E-state index in [9.17, 15) is 42.6 Å². The first-order chi connectivity index (χ1) is 19.9. The zero-order valence-electron chi connectivity index (χ0n) is 23.2. The monoisotopic (exact) mass is 636 g/mol. The number of rotatable bonds is 7. The van der Waals surface area contributed by atoms with E-state index >= 15 is 0 Å². The minimum Gasteiger partial charge on any atom is -0.598 e. The van der Waals surface area contributed by atoms with Crippen molar-refractivity contribution in [1.82, 2.24) is 14.7 Å². The molecule has 3 atom stereocenters. The maximum absolute atomic E-state index is 13.5. The SMILES string of the molecule is CC(C)(C)[S@@+]([O-])N[C@@H](c1cccc(N(C(=O)O)C(=O)O)n1)c1cc2cccc(-c3cc(C(C)(O)C(F)(F)F)ccn3)c2s1. The summed E-state index contributed by atoms with van der Waals surface area (Å²) in [4.78, 5) is 32.3. The molecule has 0 radical (unpaired) electrons. The number of carboxylic acid groups (broad SMARTS) is 2. The average molecular weight is 637 g/mol. The Morgan fingerprint density at radius 1 is 1.02 bits per heavy atom. The normalized spacial score (nSPS) is 15.1. The number of nitrogens with one attached hydrogen (secondary N) is 1. The van der Waals surface area contributed by atoms with E-state index in [0.29, 0.717) is 27.5 Å². The van der Waals surface area contributed by atoms with Gasteiger partial charge in [-0.3, -0.25) is 4.98 Å². The van der Waals surface area contributed by atoms with Crippen molar-refractivity contribution in [2.75, 3.05) is 4.90 Å². The van der Waals surface area contributed by atoms with Crippen molar-refractivity contribution in [3.8, 4) is 11.3 Å². The Balaban J connectivity index is 1.86. The lowest BCUT2D eigenvalue weighted by molar-refractivity contribution is -0.258. The molecule has 228 valence electrons. The van der Waals surface area contributed by atoms with Gasteiger partial charge in [-0.05, 0) is 69.0 Å². The second kappa shape index (κ2) is 11.7. The molecule has 10 nitrogen and oxygen atoms in total. The van der Waals surface area contributed by atoms with Gasteiger partial charge in [0.2, 0.25) is 0 Å². The van der Waals surface area contributed by atoms with Gasteiger partial charge < -0.3 is 19.9 Å². The molecule has 15 heteroatoms.